The largest absolute Gasteiger partial charge is 0.484 e. The number of likely N-dealkylation sites (tertiary alicyclic amines) is 1. The summed E-state index contributed by atoms with van der Waals surface area (Å²) < 4.78 is 5.61. The minimum atomic E-state index is -0.0982. The lowest BCUT2D eigenvalue weighted by Gasteiger charge is -2.17. The van der Waals surface area contributed by atoms with Crippen LogP contribution >= 0.6 is 0 Å². The van der Waals surface area contributed by atoms with Crippen LogP contribution in [0, 0.1) is 0 Å². The van der Waals surface area contributed by atoms with Crippen LogP contribution in [-0.4, -0.2) is 30.5 Å². The van der Waals surface area contributed by atoms with Crippen molar-refractivity contribution >= 4 is 5.91 Å². The topological polar surface area (TPSA) is 41.6 Å². The van der Waals surface area contributed by atoms with E-state index in [9.17, 15) is 4.79 Å². The molecule has 27 heavy (non-hydrogen) atoms. The molecule has 0 spiro atoms. The van der Waals surface area contributed by atoms with Crippen LogP contribution in [0.5, 0.6) is 5.75 Å². The lowest BCUT2D eigenvalue weighted by Crippen LogP contribution is -2.29. The van der Waals surface area contributed by atoms with E-state index in [1.54, 1.807) is 0 Å². The number of rotatable bonds is 8. The van der Waals surface area contributed by atoms with Gasteiger partial charge in [0.2, 0.25) is 0 Å². The van der Waals surface area contributed by atoms with Gasteiger partial charge < -0.3 is 10.1 Å². The Morgan fingerprint density at radius 3 is 2.37 bits per heavy atom. The highest BCUT2D eigenvalue weighted by Crippen LogP contribution is 2.19. The summed E-state index contributed by atoms with van der Waals surface area (Å²) in [6.45, 7) is 8.20. The van der Waals surface area contributed by atoms with Gasteiger partial charge in [-0.15, -0.1) is 0 Å². The summed E-state index contributed by atoms with van der Waals surface area (Å²) >= 11 is 0. The second-order valence-corrected chi connectivity index (χ2v) is 7.54. The molecule has 0 aromatic heterocycles. The van der Waals surface area contributed by atoms with Gasteiger partial charge in [-0.25, -0.2) is 0 Å². The van der Waals surface area contributed by atoms with E-state index in [0.29, 0.717) is 12.5 Å². The number of benzene rings is 2. The van der Waals surface area contributed by atoms with Crippen molar-refractivity contribution in [1.29, 1.82) is 0 Å². The second kappa shape index (κ2) is 9.56. The van der Waals surface area contributed by atoms with Crippen molar-refractivity contribution in [3.05, 3.63) is 65.2 Å². The third kappa shape index (κ3) is 5.83. The zero-order chi connectivity index (χ0) is 19.1. The van der Waals surface area contributed by atoms with Gasteiger partial charge in [0.05, 0.1) is 0 Å². The zero-order valence-corrected chi connectivity index (χ0v) is 16.4. The van der Waals surface area contributed by atoms with Crippen molar-refractivity contribution in [1.82, 2.24) is 10.2 Å². The van der Waals surface area contributed by atoms with Crippen LogP contribution in [0.1, 0.15) is 49.3 Å². The molecule has 0 aliphatic carbocycles. The molecule has 2 aromatic carbocycles. The number of hydrogen-bond acceptors (Lipinski definition) is 3. The van der Waals surface area contributed by atoms with Gasteiger partial charge in [-0.3, -0.25) is 9.69 Å². The minimum Gasteiger partial charge on any atom is -0.484 e. The predicted octanol–water partition coefficient (Wildman–Crippen LogP) is 4.10. The molecule has 1 amide bonds. The third-order valence-electron chi connectivity index (χ3n) is 5.10. The van der Waals surface area contributed by atoms with Gasteiger partial charge >= 0.3 is 0 Å². The van der Waals surface area contributed by atoms with Gasteiger partial charge in [-0.05, 0) is 60.7 Å². The van der Waals surface area contributed by atoms with Crippen LogP contribution in [0.2, 0.25) is 0 Å². The first-order valence-electron chi connectivity index (χ1n) is 9.90. The molecule has 1 fully saturated rings. The Labute approximate surface area is 162 Å². The first kappa shape index (κ1) is 19.4. The van der Waals surface area contributed by atoms with E-state index in [0.717, 1.165) is 12.3 Å². The molecule has 1 aliphatic rings. The molecular weight excluding hydrogens is 336 g/mol. The van der Waals surface area contributed by atoms with Crippen molar-refractivity contribution in [2.75, 3.05) is 19.7 Å². The van der Waals surface area contributed by atoms with E-state index in [1.807, 2.05) is 30.3 Å². The molecule has 0 atom stereocenters. The van der Waals surface area contributed by atoms with Gasteiger partial charge in [0.15, 0.2) is 6.61 Å². The van der Waals surface area contributed by atoms with E-state index in [-0.39, 0.29) is 12.5 Å². The quantitative estimate of drug-likeness (QED) is 0.765. The van der Waals surface area contributed by atoms with E-state index in [1.165, 1.54) is 42.6 Å². The predicted molar refractivity (Wildman–Crippen MR) is 109 cm³/mol. The molecule has 144 valence electrons. The molecular formula is C23H30N2O2. The number of carbonyl (C=O) groups excluding carboxylic acids is 1. The van der Waals surface area contributed by atoms with Crippen LogP contribution in [0.15, 0.2) is 48.5 Å². The van der Waals surface area contributed by atoms with Crippen LogP contribution in [0.25, 0.3) is 0 Å². The third-order valence-corrected chi connectivity index (χ3v) is 5.10. The van der Waals surface area contributed by atoms with E-state index in [4.69, 9.17) is 4.74 Å². The van der Waals surface area contributed by atoms with E-state index < -0.39 is 0 Å². The first-order chi connectivity index (χ1) is 13.1. The van der Waals surface area contributed by atoms with Crippen molar-refractivity contribution in [2.24, 2.45) is 0 Å². The summed E-state index contributed by atoms with van der Waals surface area (Å²) in [7, 11) is 0. The lowest BCUT2D eigenvalue weighted by atomic mass is 10.0. The number of nitrogens with one attached hydrogen (secondary N) is 1. The highest BCUT2D eigenvalue weighted by Gasteiger charge is 2.14. The summed E-state index contributed by atoms with van der Waals surface area (Å²) in [4.78, 5) is 14.7. The Kier molecular flexibility index (Phi) is 6.88. The fourth-order valence-electron chi connectivity index (χ4n) is 3.41. The molecule has 3 rings (SSSR count). The molecule has 0 radical (unpaired) electrons. The van der Waals surface area contributed by atoms with Gasteiger partial charge in [-0.2, -0.15) is 0 Å². The van der Waals surface area contributed by atoms with E-state index >= 15 is 0 Å². The fourth-order valence-corrected chi connectivity index (χ4v) is 3.41. The Hall–Kier alpha value is -2.33. The number of ether oxygens (including phenoxy) is 1. The molecule has 1 heterocycles. The minimum absolute atomic E-state index is 0.0370. The molecule has 1 saturated heterocycles. The molecule has 1 aliphatic heterocycles. The zero-order valence-electron chi connectivity index (χ0n) is 16.4. The maximum absolute atomic E-state index is 12.2. The van der Waals surface area contributed by atoms with Gasteiger partial charge in [0.25, 0.3) is 5.91 Å². The van der Waals surface area contributed by atoms with Crippen LogP contribution in [-0.2, 0) is 17.9 Å². The Bertz CT molecular complexity index is 734. The number of nitrogens with zero attached hydrogens (tertiary/aromatic N) is 1. The molecule has 1 N–H and O–H groups in total. The van der Waals surface area contributed by atoms with Crippen molar-refractivity contribution in [2.45, 2.75) is 45.7 Å². The van der Waals surface area contributed by atoms with Crippen LogP contribution in [0.3, 0.4) is 0 Å². The average molecular weight is 367 g/mol. The maximum atomic E-state index is 12.2. The Morgan fingerprint density at radius 1 is 1.04 bits per heavy atom. The number of amides is 1. The molecule has 4 nitrogen and oxygen atoms in total. The number of hydrogen-bond donors (Lipinski definition) is 1. The summed E-state index contributed by atoms with van der Waals surface area (Å²) in [6, 6.07) is 16.3. The molecule has 0 bridgehead atoms. The standard InChI is InChI=1S/C23H30N2O2/c1-18(2)19-9-11-22(12-10-19)27-17-23(26)24-15-20-7-3-4-8-21(20)16-25-13-5-6-14-25/h3-4,7-12,18H,5-6,13-17H2,1-2H3,(H,24,26). The summed E-state index contributed by atoms with van der Waals surface area (Å²) in [5, 5.41) is 2.98. The van der Waals surface area contributed by atoms with Crippen molar-refractivity contribution in [3.8, 4) is 5.75 Å². The summed E-state index contributed by atoms with van der Waals surface area (Å²) in [5.74, 6) is 1.12. The highest BCUT2D eigenvalue weighted by atomic mass is 16.5. The van der Waals surface area contributed by atoms with Gasteiger partial charge in [0, 0.05) is 13.1 Å². The highest BCUT2D eigenvalue weighted by molar-refractivity contribution is 5.77. The maximum Gasteiger partial charge on any atom is 0.258 e. The fraction of sp³-hybridized carbons (Fsp3) is 0.435. The average Bonchev–Trinajstić information content (AvgIpc) is 3.19. The SMILES string of the molecule is CC(C)c1ccc(OCC(=O)NCc2ccccc2CN2CCCC2)cc1. The normalized spacial score (nSPS) is 14.5. The van der Waals surface area contributed by atoms with Gasteiger partial charge in [0.1, 0.15) is 5.75 Å². The van der Waals surface area contributed by atoms with Gasteiger partial charge in [-0.1, -0.05) is 50.2 Å². The van der Waals surface area contributed by atoms with Crippen LogP contribution < -0.4 is 10.1 Å². The van der Waals surface area contributed by atoms with Crippen molar-refractivity contribution < 1.29 is 9.53 Å². The van der Waals surface area contributed by atoms with E-state index in [2.05, 4.69) is 42.3 Å². The van der Waals surface area contributed by atoms with Crippen LogP contribution in [0.4, 0.5) is 0 Å². The molecule has 0 saturated carbocycles. The van der Waals surface area contributed by atoms with Crippen molar-refractivity contribution in [3.63, 3.8) is 0 Å². The Balaban J connectivity index is 1.47. The second-order valence-electron chi connectivity index (χ2n) is 7.54. The summed E-state index contributed by atoms with van der Waals surface area (Å²) in [6.07, 6.45) is 2.57. The molecule has 2 aromatic rings. The Morgan fingerprint density at radius 2 is 1.70 bits per heavy atom. The molecule has 0 unspecified atom stereocenters. The summed E-state index contributed by atoms with van der Waals surface area (Å²) in [5.41, 5.74) is 3.74. The number of carbonyl (C=O) groups is 1. The lowest BCUT2D eigenvalue weighted by molar-refractivity contribution is -0.123. The first-order valence-corrected chi connectivity index (χ1v) is 9.90. The smallest absolute Gasteiger partial charge is 0.258 e. The molecule has 4 heteroatoms. The monoisotopic (exact) mass is 366 g/mol.